The number of hydrogen-bond donors (Lipinski definition) is 0. The van der Waals surface area contributed by atoms with Crippen molar-refractivity contribution >= 4 is 0 Å². The summed E-state index contributed by atoms with van der Waals surface area (Å²) in [6, 6.07) is 0. The van der Waals surface area contributed by atoms with E-state index in [1.807, 2.05) is 0 Å². The zero-order chi connectivity index (χ0) is 15.4. The Morgan fingerprint density at radius 3 is 1.43 bits per heavy atom. The highest BCUT2D eigenvalue weighted by Crippen LogP contribution is 1.98. The smallest absolute Gasteiger partial charge is 0.0822 e. The third-order valence-corrected chi connectivity index (χ3v) is 2.92. The summed E-state index contributed by atoms with van der Waals surface area (Å²) in [7, 11) is 0. The van der Waals surface area contributed by atoms with Crippen LogP contribution >= 0.6 is 0 Å². The third kappa shape index (κ3) is 18.7. The highest BCUT2D eigenvalue weighted by Gasteiger charge is 1.82. The monoisotopic (exact) mass is 287 g/mol. The topological polar surface area (TPSA) is 19.9 Å². The molecular formula is C20H31O. The Bertz CT molecular complexity index is 332. The average Bonchev–Trinajstić information content (AvgIpc) is 2.50. The van der Waals surface area contributed by atoms with E-state index >= 15 is 0 Å². The molecule has 0 aromatic rings. The Morgan fingerprint density at radius 1 is 0.571 bits per heavy atom. The van der Waals surface area contributed by atoms with Gasteiger partial charge in [-0.05, 0) is 51.4 Å². The van der Waals surface area contributed by atoms with Crippen LogP contribution < -0.4 is 0 Å². The first kappa shape index (κ1) is 19.7. The van der Waals surface area contributed by atoms with Crippen LogP contribution in [0.4, 0.5) is 0 Å². The second-order valence-corrected chi connectivity index (χ2v) is 4.91. The molecule has 117 valence electrons. The van der Waals surface area contributed by atoms with E-state index in [0.717, 1.165) is 51.4 Å². The summed E-state index contributed by atoms with van der Waals surface area (Å²) < 4.78 is 0. The Labute approximate surface area is 131 Å². The molecule has 0 aliphatic carbocycles. The molecule has 0 amide bonds. The van der Waals surface area contributed by atoms with Crippen LogP contribution in [-0.2, 0) is 5.11 Å². The number of rotatable bonds is 13. The van der Waals surface area contributed by atoms with Crippen LogP contribution in [0.25, 0.3) is 0 Å². The van der Waals surface area contributed by atoms with Gasteiger partial charge in [-0.15, -0.1) is 0 Å². The summed E-state index contributed by atoms with van der Waals surface area (Å²) >= 11 is 0. The Hall–Kier alpha value is -1.34. The van der Waals surface area contributed by atoms with Gasteiger partial charge in [-0.25, -0.2) is 5.11 Å². The minimum absolute atomic E-state index is 0.0602. The summed E-state index contributed by atoms with van der Waals surface area (Å²) in [5.41, 5.74) is 0. The molecule has 0 fully saturated rings. The molecule has 0 rings (SSSR count). The molecular weight excluding hydrogens is 256 g/mol. The van der Waals surface area contributed by atoms with E-state index in [1.165, 1.54) is 0 Å². The molecule has 0 aromatic carbocycles. The maximum Gasteiger partial charge on any atom is 0.0822 e. The van der Waals surface area contributed by atoms with Crippen LogP contribution in [0.15, 0.2) is 60.8 Å². The third-order valence-electron chi connectivity index (χ3n) is 2.92. The van der Waals surface area contributed by atoms with Gasteiger partial charge in [0.15, 0.2) is 0 Å². The van der Waals surface area contributed by atoms with E-state index in [0.29, 0.717) is 0 Å². The highest BCUT2D eigenvalue weighted by atomic mass is 16.2. The van der Waals surface area contributed by atoms with Crippen LogP contribution in [0.3, 0.4) is 0 Å². The summed E-state index contributed by atoms with van der Waals surface area (Å²) in [4.78, 5) is 0. The van der Waals surface area contributed by atoms with Crippen molar-refractivity contribution in [3.05, 3.63) is 60.8 Å². The number of hydrogen-bond acceptors (Lipinski definition) is 0. The normalized spacial score (nSPS) is 13.0. The van der Waals surface area contributed by atoms with E-state index in [9.17, 15) is 5.11 Å². The minimum Gasteiger partial charge on any atom is -0.237 e. The van der Waals surface area contributed by atoms with Gasteiger partial charge in [0, 0.05) is 0 Å². The Kier molecular flexibility index (Phi) is 17.5. The van der Waals surface area contributed by atoms with Gasteiger partial charge in [0.25, 0.3) is 0 Å². The lowest BCUT2D eigenvalue weighted by atomic mass is 10.2. The molecule has 0 atom stereocenters. The highest BCUT2D eigenvalue weighted by molar-refractivity contribution is 5.00. The molecule has 0 spiro atoms. The molecule has 0 aliphatic rings. The van der Waals surface area contributed by atoms with Gasteiger partial charge in [-0.3, -0.25) is 0 Å². The lowest BCUT2D eigenvalue weighted by Gasteiger charge is -1.89. The number of allylic oxidation sites excluding steroid dienone is 10. The standard InChI is InChI=1S/C20H31O/c1-2-3-4-5-6-7-8-9-10-11-12-13-14-15-16-17-18-19-20-21/h3-4,6-7,9-10,12-13,15-16H,2,5,8,11,14,17-20H2,1H3. The van der Waals surface area contributed by atoms with Gasteiger partial charge in [0.2, 0.25) is 0 Å². The predicted octanol–water partition coefficient (Wildman–Crippen LogP) is 6.34. The molecule has 21 heavy (non-hydrogen) atoms. The molecule has 0 saturated heterocycles. The lowest BCUT2D eigenvalue weighted by Crippen LogP contribution is -1.78. The first-order valence-corrected chi connectivity index (χ1v) is 8.24. The van der Waals surface area contributed by atoms with Gasteiger partial charge in [0.1, 0.15) is 0 Å². The van der Waals surface area contributed by atoms with Crippen LogP contribution in [-0.4, -0.2) is 6.61 Å². The zero-order valence-corrected chi connectivity index (χ0v) is 13.5. The van der Waals surface area contributed by atoms with Crippen molar-refractivity contribution in [2.45, 2.75) is 58.3 Å². The van der Waals surface area contributed by atoms with Gasteiger partial charge in [0.05, 0.1) is 6.61 Å². The van der Waals surface area contributed by atoms with Crippen LogP contribution in [0.1, 0.15) is 58.3 Å². The molecule has 1 heteroatoms. The first-order valence-electron chi connectivity index (χ1n) is 8.24. The van der Waals surface area contributed by atoms with E-state index in [2.05, 4.69) is 67.7 Å². The lowest BCUT2D eigenvalue weighted by molar-refractivity contribution is 0.187. The van der Waals surface area contributed by atoms with E-state index in [4.69, 9.17) is 0 Å². The molecule has 0 aromatic heterocycles. The zero-order valence-electron chi connectivity index (χ0n) is 13.5. The molecule has 1 nitrogen and oxygen atoms in total. The van der Waals surface area contributed by atoms with E-state index in [1.54, 1.807) is 0 Å². The summed E-state index contributed by atoms with van der Waals surface area (Å²) in [5.74, 6) is 0. The molecule has 0 N–H and O–H groups in total. The number of unbranched alkanes of at least 4 members (excludes halogenated alkanes) is 2. The maximum atomic E-state index is 10.2. The molecule has 0 unspecified atom stereocenters. The van der Waals surface area contributed by atoms with Crippen molar-refractivity contribution in [1.82, 2.24) is 0 Å². The summed E-state index contributed by atoms with van der Waals surface area (Å²) in [6.07, 6.45) is 30.0. The molecule has 0 saturated carbocycles. The Balaban J connectivity index is 3.41. The molecule has 1 radical (unpaired) electrons. The fourth-order valence-corrected chi connectivity index (χ4v) is 1.73. The van der Waals surface area contributed by atoms with Crippen molar-refractivity contribution in [3.8, 4) is 0 Å². The molecule has 0 heterocycles. The van der Waals surface area contributed by atoms with Crippen LogP contribution in [0, 0.1) is 0 Å². The Morgan fingerprint density at radius 2 is 1.00 bits per heavy atom. The summed E-state index contributed by atoms with van der Waals surface area (Å²) in [6.45, 7) is 2.21. The van der Waals surface area contributed by atoms with Crippen LogP contribution in [0.5, 0.6) is 0 Å². The second-order valence-electron chi connectivity index (χ2n) is 4.91. The van der Waals surface area contributed by atoms with Gasteiger partial charge >= 0.3 is 0 Å². The molecule has 0 aliphatic heterocycles. The second kappa shape index (κ2) is 18.7. The van der Waals surface area contributed by atoms with E-state index < -0.39 is 0 Å². The molecule has 0 bridgehead atoms. The van der Waals surface area contributed by atoms with Crippen molar-refractivity contribution in [2.75, 3.05) is 6.61 Å². The van der Waals surface area contributed by atoms with Gasteiger partial charge < -0.3 is 0 Å². The minimum atomic E-state index is 0.0602. The summed E-state index contributed by atoms with van der Waals surface area (Å²) in [5, 5.41) is 10.2. The maximum absolute atomic E-state index is 10.2. The largest absolute Gasteiger partial charge is 0.237 e. The predicted molar refractivity (Wildman–Crippen MR) is 93.9 cm³/mol. The van der Waals surface area contributed by atoms with Crippen molar-refractivity contribution in [2.24, 2.45) is 0 Å². The average molecular weight is 287 g/mol. The van der Waals surface area contributed by atoms with Gasteiger partial charge in [-0.1, -0.05) is 67.7 Å². The van der Waals surface area contributed by atoms with Crippen LogP contribution in [0.2, 0.25) is 0 Å². The SMILES string of the molecule is CCC=CCC=CCC=CCC=CCC=CCCCC[O]. The quantitative estimate of drug-likeness (QED) is 0.278. The van der Waals surface area contributed by atoms with Crippen molar-refractivity contribution in [3.63, 3.8) is 0 Å². The fraction of sp³-hybridized carbons (Fsp3) is 0.500. The van der Waals surface area contributed by atoms with Crippen molar-refractivity contribution < 1.29 is 5.11 Å². The first-order chi connectivity index (χ1) is 10.4. The van der Waals surface area contributed by atoms with E-state index in [-0.39, 0.29) is 6.61 Å². The van der Waals surface area contributed by atoms with Gasteiger partial charge in [-0.2, -0.15) is 0 Å². The van der Waals surface area contributed by atoms with Crippen molar-refractivity contribution in [1.29, 1.82) is 0 Å². The fourth-order valence-electron chi connectivity index (χ4n) is 1.73.